The smallest absolute Gasteiger partial charge is 0.138 e. The van der Waals surface area contributed by atoms with Gasteiger partial charge in [0.2, 0.25) is 0 Å². The molecule has 106 valence electrons. The highest BCUT2D eigenvalue weighted by Crippen LogP contribution is 2.30. The third-order valence-corrected chi connectivity index (χ3v) is 3.95. The van der Waals surface area contributed by atoms with Gasteiger partial charge in [0, 0.05) is 18.5 Å². The van der Waals surface area contributed by atoms with Gasteiger partial charge in [0.25, 0.3) is 0 Å². The van der Waals surface area contributed by atoms with E-state index >= 15 is 0 Å². The lowest BCUT2D eigenvalue weighted by Gasteiger charge is -2.23. The van der Waals surface area contributed by atoms with Gasteiger partial charge in [0.15, 0.2) is 0 Å². The van der Waals surface area contributed by atoms with E-state index in [-0.39, 0.29) is 5.54 Å². The van der Waals surface area contributed by atoms with Crippen molar-refractivity contribution in [2.24, 2.45) is 11.7 Å². The van der Waals surface area contributed by atoms with Crippen molar-refractivity contribution in [3.63, 3.8) is 0 Å². The van der Waals surface area contributed by atoms with Gasteiger partial charge in [-0.3, -0.25) is 0 Å². The molecule has 0 unspecified atom stereocenters. The van der Waals surface area contributed by atoms with E-state index in [1.165, 1.54) is 11.1 Å². The Hall–Kier alpha value is -1.68. The van der Waals surface area contributed by atoms with Crippen molar-refractivity contribution < 1.29 is 0 Å². The Balaban J connectivity index is 1.78. The van der Waals surface area contributed by atoms with Crippen molar-refractivity contribution in [3.8, 4) is 0 Å². The van der Waals surface area contributed by atoms with E-state index in [0.29, 0.717) is 5.92 Å². The fourth-order valence-corrected chi connectivity index (χ4v) is 3.09. The van der Waals surface area contributed by atoms with Crippen LogP contribution in [0.3, 0.4) is 0 Å². The Morgan fingerprint density at radius 2 is 1.90 bits per heavy atom. The summed E-state index contributed by atoms with van der Waals surface area (Å²) in [5, 5.41) is 4.33. The van der Waals surface area contributed by atoms with Crippen LogP contribution in [0, 0.1) is 5.92 Å². The van der Waals surface area contributed by atoms with Gasteiger partial charge < -0.3 is 5.73 Å². The highest BCUT2D eigenvalue weighted by molar-refractivity contribution is 5.36. The summed E-state index contributed by atoms with van der Waals surface area (Å²) in [6.07, 6.45) is 4.28. The number of benzene rings is 1. The molecule has 1 aliphatic carbocycles. The van der Waals surface area contributed by atoms with Gasteiger partial charge in [0.05, 0.1) is 0 Å². The van der Waals surface area contributed by atoms with E-state index in [1.54, 1.807) is 6.33 Å². The maximum Gasteiger partial charge on any atom is 0.138 e. The fourth-order valence-electron chi connectivity index (χ4n) is 3.09. The molecular formula is C16H22N4. The lowest BCUT2D eigenvalue weighted by Crippen LogP contribution is -2.43. The third-order valence-electron chi connectivity index (χ3n) is 3.95. The van der Waals surface area contributed by atoms with E-state index in [4.69, 9.17) is 5.73 Å². The summed E-state index contributed by atoms with van der Waals surface area (Å²) in [6, 6.07) is 8.54. The summed E-state index contributed by atoms with van der Waals surface area (Å²) >= 11 is 0. The van der Waals surface area contributed by atoms with Gasteiger partial charge in [-0.1, -0.05) is 38.1 Å². The maximum atomic E-state index is 6.62. The highest BCUT2D eigenvalue weighted by atomic mass is 15.3. The fraction of sp³-hybridized carbons (Fsp3) is 0.500. The molecule has 1 aromatic heterocycles. The van der Waals surface area contributed by atoms with Crippen LogP contribution in [-0.2, 0) is 25.8 Å². The molecule has 1 aromatic carbocycles. The van der Waals surface area contributed by atoms with Crippen LogP contribution in [0.25, 0.3) is 0 Å². The average molecular weight is 270 g/mol. The van der Waals surface area contributed by atoms with Gasteiger partial charge in [0.1, 0.15) is 12.2 Å². The molecule has 1 heterocycles. The Kier molecular flexibility index (Phi) is 3.34. The summed E-state index contributed by atoms with van der Waals surface area (Å²) in [4.78, 5) is 4.41. The van der Waals surface area contributed by atoms with Crippen LogP contribution in [0.15, 0.2) is 30.6 Å². The van der Waals surface area contributed by atoms with Crippen molar-refractivity contribution in [2.75, 3.05) is 0 Å². The number of nitrogens with zero attached hydrogens (tertiary/aromatic N) is 3. The predicted molar refractivity (Wildman–Crippen MR) is 79.3 cm³/mol. The summed E-state index contributed by atoms with van der Waals surface area (Å²) in [7, 11) is 0. The first-order valence-corrected chi connectivity index (χ1v) is 7.28. The third kappa shape index (κ3) is 2.61. The molecule has 20 heavy (non-hydrogen) atoms. The topological polar surface area (TPSA) is 56.7 Å². The zero-order chi connectivity index (χ0) is 14.2. The molecule has 3 rings (SSSR count). The first kappa shape index (κ1) is 13.3. The molecular weight excluding hydrogens is 248 g/mol. The van der Waals surface area contributed by atoms with Crippen molar-refractivity contribution in [1.82, 2.24) is 14.8 Å². The van der Waals surface area contributed by atoms with Crippen molar-refractivity contribution >= 4 is 0 Å². The minimum atomic E-state index is -0.217. The van der Waals surface area contributed by atoms with Crippen LogP contribution in [0.1, 0.15) is 30.8 Å². The molecule has 0 fully saturated rings. The standard InChI is InChI=1S/C16H22N4/c1-12(2)10-20-15(18-11-19-20)9-16(17)7-13-5-3-4-6-14(13)8-16/h3-6,11-12H,7-10,17H2,1-2H3. The second kappa shape index (κ2) is 5.02. The van der Waals surface area contributed by atoms with E-state index in [2.05, 4.69) is 48.2 Å². The molecule has 4 heteroatoms. The van der Waals surface area contributed by atoms with E-state index in [0.717, 1.165) is 31.6 Å². The first-order valence-electron chi connectivity index (χ1n) is 7.28. The van der Waals surface area contributed by atoms with E-state index in [1.807, 2.05) is 4.68 Å². The lowest BCUT2D eigenvalue weighted by molar-refractivity contribution is 0.402. The van der Waals surface area contributed by atoms with Crippen molar-refractivity contribution in [1.29, 1.82) is 0 Å². The second-order valence-corrected chi connectivity index (χ2v) is 6.41. The molecule has 0 bridgehead atoms. The number of rotatable bonds is 4. The molecule has 0 saturated carbocycles. The number of hydrogen-bond donors (Lipinski definition) is 1. The van der Waals surface area contributed by atoms with Gasteiger partial charge >= 0.3 is 0 Å². The van der Waals surface area contributed by atoms with Gasteiger partial charge in [-0.05, 0) is 29.9 Å². The van der Waals surface area contributed by atoms with Gasteiger partial charge in [-0.25, -0.2) is 9.67 Å². The molecule has 0 radical (unpaired) electrons. The van der Waals surface area contributed by atoms with Crippen LogP contribution >= 0.6 is 0 Å². The normalized spacial score (nSPS) is 16.6. The summed E-state index contributed by atoms with van der Waals surface area (Å²) in [6.45, 7) is 5.28. The zero-order valence-corrected chi connectivity index (χ0v) is 12.2. The summed E-state index contributed by atoms with van der Waals surface area (Å²) in [5.74, 6) is 1.57. The minimum absolute atomic E-state index is 0.217. The van der Waals surface area contributed by atoms with Crippen LogP contribution in [-0.4, -0.2) is 20.3 Å². The van der Waals surface area contributed by atoms with Crippen LogP contribution < -0.4 is 5.73 Å². The van der Waals surface area contributed by atoms with Crippen LogP contribution in [0.2, 0.25) is 0 Å². The molecule has 4 nitrogen and oxygen atoms in total. The minimum Gasteiger partial charge on any atom is -0.324 e. The van der Waals surface area contributed by atoms with Crippen molar-refractivity contribution in [3.05, 3.63) is 47.5 Å². The molecule has 0 saturated heterocycles. The number of hydrogen-bond acceptors (Lipinski definition) is 3. The number of fused-ring (bicyclic) bond motifs is 1. The van der Waals surface area contributed by atoms with E-state index in [9.17, 15) is 0 Å². The molecule has 0 atom stereocenters. The van der Waals surface area contributed by atoms with E-state index < -0.39 is 0 Å². The quantitative estimate of drug-likeness (QED) is 0.924. The molecule has 1 aliphatic rings. The Labute approximate surface area is 120 Å². The molecule has 0 spiro atoms. The average Bonchev–Trinajstić information content (AvgIpc) is 2.92. The summed E-state index contributed by atoms with van der Waals surface area (Å²) in [5.41, 5.74) is 9.16. The van der Waals surface area contributed by atoms with Gasteiger partial charge in [-0.15, -0.1) is 0 Å². The maximum absolute atomic E-state index is 6.62. The van der Waals surface area contributed by atoms with Gasteiger partial charge in [-0.2, -0.15) is 5.10 Å². The SMILES string of the molecule is CC(C)Cn1ncnc1CC1(N)Cc2ccccc2C1. The Morgan fingerprint density at radius 3 is 2.50 bits per heavy atom. The summed E-state index contributed by atoms with van der Waals surface area (Å²) < 4.78 is 2.00. The molecule has 0 aliphatic heterocycles. The van der Waals surface area contributed by atoms with Crippen LogP contribution in [0.5, 0.6) is 0 Å². The Morgan fingerprint density at radius 1 is 1.25 bits per heavy atom. The second-order valence-electron chi connectivity index (χ2n) is 6.41. The molecule has 2 N–H and O–H groups in total. The number of nitrogens with two attached hydrogens (primary N) is 1. The lowest BCUT2D eigenvalue weighted by atomic mass is 9.92. The van der Waals surface area contributed by atoms with Crippen LogP contribution in [0.4, 0.5) is 0 Å². The Bertz CT molecular complexity index is 575. The largest absolute Gasteiger partial charge is 0.324 e. The zero-order valence-electron chi connectivity index (χ0n) is 12.2. The predicted octanol–water partition coefficient (Wildman–Crippen LogP) is 1.97. The van der Waals surface area contributed by atoms with Crippen molar-refractivity contribution in [2.45, 2.75) is 45.2 Å². The molecule has 2 aromatic rings. The monoisotopic (exact) mass is 270 g/mol. The number of aromatic nitrogens is 3. The molecule has 0 amide bonds. The first-order chi connectivity index (χ1) is 9.56. The highest BCUT2D eigenvalue weighted by Gasteiger charge is 2.34.